The molecular weight excluding hydrogens is 180 g/mol. The predicted molar refractivity (Wildman–Crippen MR) is 50.7 cm³/mol. The van der Waals surface area contributed by atoms with Gasteiger partial charge in [0.25, 0.3) is 0 Å². The zero-order chi connectivity index (χ0) is 9.97. The van der Waals surface area contributed by atoms with Crippen LogP contribution in [0.3, 0.4) is 0 Å². The Labute approximate surface area is 82.9 Å². The fourth-order valence-corrected chi connectivity index (χ4v) is 1.86. The van der Waals surface area contributed by atoms with E-state index in [-0.39, 0.29) is 12.0 Å². The van der Waals surface area contributed by atoms with Crippen molar-refractivity contribution in [1.82, 2.24) is 9.55 Å². The van der Waals surface area contributed by atoms with Crippen molar-refractivity contribution in [3.63, 3.8) is 0 Å². The molecule has 4 nitrogen and oxygen atoms in total. The van der Waals surface area contributed by atoms with Crippen LogP contribution >= 0.6 is 0 Å². The number of hydrogen-bond acceptors (Lipinski definition) is 3. The molecule has 14 heavy (non-hydrogen) atoms. The van der Waals surface area contributed by atoms with Crippen molar-refractivity contribution in [2.75, 3.05) is 6.61 Å². The van der Waals surface area contributed by atoms with Crippen LogP contribution in [0.2, 0.25) is 0 Å². The molecule has 0 amide bonds. The third kappa shape index (κ3) is 1.57. The third-order valence-corrected chi connectivity index (χ3v) is 2.66. The van der Waals surface area contributed by atoms with E-state index < -0.39 is 0 Å². The van der Waals surface area contributed by atoms with Gasteiger partial charge in [0.05, 0.1) is 0 Å². The average Bonchev–Trinajstić information content (AvgIpc) is 2.64. The molecule has 2 rings (SSSR count). The number of rotatable bonds is 2. The maximum Gasteiger partial charge on any atom is 0.138 e. The summed E-state index contributed by atoms with van der Waals surface area (Å²) in [6.45, 7) is 0.724. The lowest BCUT2D eigenvalue weighted by Gasteiger charge is -2.27. The molecule has 0 aliphatic carbocycles. The molecular formula is C10H14N2O2. The van der Waals surface area contributed by atoms with Gasteiger partial charge in [-0.15, -0.1) is 0 Å². The van der Waals surface area contributed by atoms with Crippen molar-refractivity contribution in [2.24, 2.45) is 13.0 Å². The highest BCUT2D eigenvalue weighted by atomic mass is 16.5. The molecule has 0 bridgehead atoms. The minimum atomic E-state index is -0.152. The summed E-state index contributed by atoms with van der Waals surface area (Å²) >= 11 is 0. The largest absolute Gasteiger partial charge is 0.370 e. The highest BCUT2D eigenvalue weighted by Gasteiger charge is 2.29. The zero-order valence-electron chi connectivity index (χ0n) is 8.22. The quantitative estimate of drug-likeness (QED) is 0.662. The first-order chi connectivity index (χ1) is 6.83. The standard InChI is InChI=1S/C10H14N2O2/c1-12-5-4-11-10(12)9-8(7-13)3-2-6-14-9/h4-5,7-9H,2-3,6H2,1H3/t8-,9+/m0/s1. The van der Waals surface area contributed by atoms with E-state index in [1.165, 1.54) is 0 Å². The number of ether oxygens (including phenoxy) is 1. The Morgan fingerprint density at radius 3 is 3.21 bits per heavy atom. The van der Waals surface area contributed by atoms with Gasteiger partial charge >= 0.3 is 0 Å². The highest BCUT2D eigenvalue weighted by molar-refractivity contribution is 5.55. The molecule has 0 N–H and O–H groups in total. The normalized spacial score (nSPS) is 27.5. The Bertz CT molecular complexity index is 322. The number of aryl methyl sites for hydroxylation is 1. The minimum Gasteiger partial charge on any atom is -0.370 e. The first-order valence-electron chi connectivity index (χ1n) is 4.87. The van der Waals surface area contributed by atoms with E-state index in [1.54, 1.807) is 6.20 Å². The van der Waals surface area contributed by atoms with Crippen LogP contribution in [-0.4, -0.2) is 22.4 Å². The number of aromatic nitrogens is 2. The van der Waals surface area contributed by atoms with Crippen molar-refractivity contribution >= 4 is 6.29 Å². The van der Waals surface area contributed by atoms with Crippen molar-refractivity contribution in [2.45, 2.75) is 18.9 Å². The minimum absolute atomic E-state index is 0.0372. The predicted octanol–water partition coefficient (Wildman–Crippen LogP) is 1.09. The van der Waals surface area contributed by atoms with Gasteiger partial charge in [-0.1, -0.05) is 0 Å². The molecule has 4 heteroatoms. The van der Waals surface area contributed by atoms with Crippen LogP contribution in [0.15, 0.2) is 12.4 Å². The lowest BCUT2D eigenvalue weighted by molar-refractivity contribution is -0.120. The van der Waals surface area contributed by atoms with Gasteiger partial charge in [-0.25, -0.2) is 4.98 Å². The molecule has 0 unspecified atom stereocenters. The zero-order valence-corrected chi connectivity index (χ0v) is 8.22. The molecule has 76 valence electrons. The smallest absolute Gasteiger partial charge is 0.138 e. The van der Waals surface area contributed by atoms with E-state index >= 15 is 0 Å². The number of aldehydes is 1. The van der Waals surface area contributed by atoms with Gasteiger partial charge in [-0.3, -0.25) is 0 Å². The Kier molecular flexibility index (Phi) is 2.63. The molecule has 0 saturated carbocycles. The molecule has 2 atom stereocenters. The SMILES string of the molecule is Cn1ccnc1[C@@H]1OCCC[C@H]1C=O. The van der Waals surface area contributed by atoms with Gasteiger partial charge in [-0.2, -0.15) is 0 Å². The molecule has 1 fully saturated rings. The first-order valence-corrected chi connectivity index (χ1v) is 4.87. The fourth-order valence-electron chi connectivity index (χ4n) is 1.86. The number of nitrogens with zero attached hydrogens (tertiary/aromatic N) is 2. The van der Waals surface area contributed by atoms with Gasteiger partial charge in [0.15, 0.2) is 0 Å². The van der Waals surface area contributed by atoms with Gasteiger partial charge < -0.3 is 14.1 Å². The van der Waals surface area contributed by atoms with E-state index in [2.05, 4.69) is 4.98 Å². The van der Waals surface area contributed by atoms with Crippen molar-refractivity contribution in [3.8, 4) is 0 Å². The molecule has 1 aliphatic rings. The van der Waals surface area contributed by atoms with Crippen molar-refractivity contribution in [3.05, 3.63) is 18.2 Å². The van der Waals surface area contributed by atoms with E-state index in [9.17, 15) is 4.79 Å². The molecule has 1 aliphatic heterocycles. The summed E-state index contributed by atoms with van der Waals surface area (Å²) < 4.78 is 7.50. The Morgan fingerprint density at radius 1 is 1.71 bits per heavy atom. The van der Waals surface area contributed by atoms with Gasteiger partial charge in [0.2, 0.25) is 0 Å². The summed E-state index contributed by atoms with van der Waals surface area (Å²) in [6.07, 6.45) is 6.30. The Morgan fingerprint density at radius 2 is 2.57 bits per heavy atom. The van der Waals surface area contributed by atoms with Crippen LogP contribution in [0.5, 0.6) is 0 Å². The number of hydrogen-bond donors (Lipinski definition) is 0. The summed E-state index contributed by atoms with van der Waals surface area (Å²) in [4.78, 5) is 15.1. The summed E-state index contributed by atoms with van der Waals surface area (Å²) in [5, 5.41) is 0. The molecule has 1 saturated heterocycles. The van der Waals surface area contributed by atoms with E-state index in [1.807, 2.05) is 17.8 Å². The Balaban J connectivity index is 2.23. The van der Waals surface area contributed by atoms with Crippen LogP contribution in [-0.2, 0) is 16.6 Å². The topological polar surface area (TPSA) is 44.1 Å². The van der Waals surface area contributed by atoms with E-state index in [0.29, 0.717) is 0 Å². The molecule has 0 aromatic carbocycles. The van der Waals surface area contributed by atoms with E-state index in [4.69, 9.17) is 4.74 Å². The van der Waals surface area contributed by atoms with Crippen LogP contribution in [0.1, 0.15) is 24.8 Å². The average molecular weight is 194 g/mol. The van der Waals surface area contributed by atoms with Crippen LogP contribution < -0.4 is 0 Å². The lowest BCUT2D eigenvalue weighted by atomic mass is 9.95. The second-order valence-corrected chi connectivity index (χ2v) is 3.63. The third-order valence-electron chi connectivity index (χ3n) is 2.66. The maximum atomic E-state index is 10.9. The molecule has 1 aromatic heterocycles. The number of carbonyl (C=O) groups excluding carboxylic acids is 1. The molecule has 0 radical (unpaired) electrons. The van der Waals surface area contributed by atoms with Gasteiger partial charge in [0.1, 0.15) is 18.2 Å². The van der Waals surface area contributed by atoms with Crippen LogP contribution in [0, 0.1) is 5.92 Å². The number of carbonyl (C=O) groups is 1. The highest BCUT2D eigenvalue weighted by Crippen LogP contribution is 2.30. The van der Waals surface area contributed by atoms with Crippen molar-refractivity contribution < 1.29 is 9.53 Å². The molecule has 2 heterocycles. The summed E-state index contributed by atoms with van der Waals surface area (Å²) in [5.74, 6) is 0.812. The Hall–Kier alpha value is -1.16. The second-order valence-electron chi connectivity index (χ2n) is 3.63. The maximum absolute atomic E-state index is 10.9. The fraction of sp³-hybridized carbons (Fsp3) is 0.600. The first kappa shape index (κ1) is 9.40. The van der Waals surface area contributed by atoms with Gasteiger partial charge in [0, 0.05) is 32.0 Å². The lowest BCUT2D eigenvalue weighted by Crippen LogP contribution is -2.25. The monoisotopic (exact) mass is 194 g/mol. The summed E-state index contributed by atoms with van der Waals surface area (Å²) in [6, 6.07) is 0. The molecule has 0 spiro atoms. The van der Waals surface area contributed by atoms with Crippen LogP contribution in [0.4, 0.5) is 0 Å². The van der Waals surface area contributed by atoms with Crippen molar-refractivity contribution in [1.29, 1.82) is 0 Å². The number of imidazole rings is 1. The summed E-state index contributed by atoms with van der Waals surface area (Å²) in [5.41, 5.74) is 0. The summed E-state index contributed by atoms with van der Waals surface area (Å²) in [7, 11) is 1.92. The van der Waals surface area contributed by atoms with Crippen LogP contribution in [0.25, 0.3) is 0 Å². The van der Waals surface area contributed by atoms with Gasteiger partial charge in [-0.05, 0) is 12.8 Å². The molecule has 1 aromatic rings. The second kappa shape index (κ2) is 3.92. The van der Waals surface area contributed by atoms with E-state index in [0.717, 1.165) is 31.6 Å².